The molecule has 0 aliphatic heterocycles. The molecule has 0 saturated carbocycles. The largest absolute Gasteiger partial charge is 0.437 e. The van der Waals surface area contributed by atoms with Gasteiger partial charge in [-0.15, -0.1) is 5.10 Å². The van der Waals surface area contributed by atoms with E-state index in [0.717, 1.165) is 12.1 Å². The highest BCUT2D eigenvalue weighted by molar-refractivity contribution is 5.51. The van der Waals surface area contributed by atoms with E-state index in [2.05, 4.69) is 5.10 Å². The molecular weight excluding hydrogens is 318 g/mol. The summed E-state index contributed by atoms with van der Waals surface area (Å²) in [7, 11) is 1.93. The Morgan fingerprint density at radius 3 is 2.44 bits per heavy atom. The quantitative estimate of drug-likeness (QED) is 0.713. The number of hydrogen-bond donors (Lipinski definition) is 1. The Balaban J connectivity index is 1.60. The van der Waals surface area contributed by atoms with Crippen LogP contribution in [-0.2, 0) is 13.1 Å². The molecule has 1 heterocycles. The molecule has 0 radical (unpaired) electrons. The predicted molar refractivity (Wildman–Crippen MR) is 95.0 cm³/mol. The number of likely N-dealkylation sites (N-methyl/N-ethyl adjacent to an activating group) is 1. The van der Waals surface area contributed by atoms with E-state index >= 15 is 0 Å². The highest BCUT2D eigenvalue weighted by atomic mass is 16.4. The zero-order valence-electron chi connectivity index (χ0n) is 14.1. The maximum Gasteiger partial charge on any atom is 0.437 e. The molecule has 25 heavy (non-hydrogen) atoms. The summed E-state index contributed by atoms with van der Waals surface area (Å²) in [6.45, 7) is 1.24. The summed E-state index contributed by atoms with van der Waals surface area (Å²) < 4.78 is 6.34. The molecule has 1 atom stereocenters. The molecule has 0 fully saturated rings. The molecular formula is C19H21N3O3. The van der Waals surface area contributed by atoms with Crippen molar-refractivity contribution in [3.8, 4) is 11.5 Å². The highest BCUT2D eigenvalue weighted by Gasteiger charge is 2.15. The van der Waals surface area contributed by atoms with Crippen LogP contribution in [0.5, 0.6) is 0 Å². The number of nitrogens with zero attached hydrogens (tertiary/aromatic N) is 3. The van der Waals surface area contributed by atoms with E-state index < -0.39 is 11.9 Å². The molecule has 2 aromatic carbocycles. The molecule has 3 aromatic rings. The van der Waals surface area contributed by atoms with E-state index in [0.29, 0.717) is 6.54 Å². The first-order chi connectivity index (χ1) is 12.1. The number of aliphatic hydroxyl groups is 1. The maximum atomic E-state index is 11.9. The number of benzene rings is 2. The molecule has 1 aromatic heterocycles. The van der Waals surface area contributed by atoms with Crippen LogP contribution in [0.3, 0.4) is 0 Å². The lowest BCUT2D eigenvalue weighted by molar-refractivity contribution is 0.102. The van der Waals surface area contributed by atoms with Crippen molar-refractivity contribution in [2.75, 3.05) is 13.6 Å². The summed E-state index contributed by atoms with van der Waals surface area (Å²) in [4.78, 5) is 13.9. The third-order valence-electron chi connectivity index (χ3n) is 3.83. The molecule has 1 N–H and O–H groups in total. The topological polar surface area (TPSA) is 71.5 Å². The average molecular weight is 339 g/mol. The Hall–Kier alpha value is -2.70. The van der Waals surface area contributed by atoms with Crippen molar-refractivity contribution < 1.29 is 9.52 Å². The molecule has 130 valence electrons. The van der Waals surface area contributed by atoms with Gasteiger partial charge in [0, 0.05) is 18.7 Å². The van der Waals surface area contributed by atoms with Gasteiger partial charge in [-0.1, -0.05) is 48.5 Å². The van der Waals surface area contributed by atoms with Crippen LogP contribution in [-0.4, -0.2) is 39.5 Å². The minimum Gasteiger partial charge on any atom is -0.390 e. The monoisotopic (exact) mass is 339 g/mol. The van der Waals surface area contributed by atoms with Crippen molar-refractivity contribution in [3.05, 3.63) is 76.8 Å². The number of aromatic nitrogens is 2. The molecule has 0 spiro atoms. The molecule has 0 bridgehead atoms. The van der Waals surface area contributed by atoms with Crippen LogP contribution < -0.4 is 5.76 Å². The zero-order chi connectivity index (χ0) is 17.6. The Bertz CT molecular complexity index is 843. The molecule has 0 aliphatic carbocycles. The van der Waals surface area contributed by atoms with Gasteiger partial charge in [0.1, 0.15) is 0 Å². The molecule has 0 amide bonds. The molecule has 0 saturated heterocycles. The standard InChI is InChI=1S/C19H21N3O3/c1-21(12-15-8-4-2-5-9-15)13-17(23)14-22-19(24)25-18(20-22)16-10-6-3-7-11-16/h2-11,17,23H,12-14H2,1H3. The van der Waals surface area contributed by atoms with Gasteiger partial charge in [-0.05, 0) is 24.7 Å². The Morgan fingerprint density at radius 1 is 1.12 bits per heavy atom. The van der Waals surface area contributed by atoms with Gasteiger partial charge in [0.15, 0.2) is 0 Å². The van der Waals surface area contributed by atoms with Crippen LogP contribution >= 0.6 is 0 Å². The van der Waals surface area contributed by atoms with E-state index in [-0.39, 0.29) is 12.4 Å². The lowest BCUT2D eigenvalue weighted by Gasteiger charge is -2.20. The fourth-order valence-electron chi connectivity index (χ4n) is 2.70. The Kier molecular flexibility index (Phi) is 5.42. The number of aliphatic hydroxyl groups excluding tert-OH is 1. The molecule has 1 unspecified atom stereocenters. The second-order valence-electron chi connectivity index (χ2n) is 6.06. The van der Waals surface area contributed by atoms with Crippen molar-refractivity contribution in [3.63, 3.8) is 0 Å². The highest BCUT2D eigenvalue weighted by Crippen LogP contribution is 2.14. The minimum absolute atomic E-state index is 0.0916. The first kappa shape index (κ1) is 17.1. The van der Waals surface area contributed by atoms with Crippen molar-refractivity contribution >= 4 is 0 Å². The van der Waals surface area contributed by atoms with Gasteiger partial charge in [-0.25, -0.2) is 4.79 Å². The second kappa shape index (κ2) is 7.92. The molecule has 0 aliphatic rings. The van der Waals surface area contributed by atoms with Crippen molar-refractivity contribution in [2.45, 2.75) is 19.2 Å². The average Bonchev–Trinajstić information content (AvgIpc) is 2.97. The first-order valence-corrected chi connectivity index (χ1v) is 8.16. The molecule has 6 nitrogen and oxygen atoms in total. The van der Waals surface area contributed by atoms with Crippen LogP contribution in [0.4, 0.5) is 0 Å². The summed E-state index contributed by atoms with van der Waals surface area (Å²) in [6.07, 6.45) is -0.722. The van der Waals surface area contributed by atoms with Gasteiger partial charge in [0.25, 0.3) is 0 Å². The lowest BCUT2D eigenvalue weighted by atomic mass is 10.2. The Morgan fingerprint density at radius 2 is 1.76 bits per heavy atom. The van der Waals surface area contributed by atoms with E-state index in [1.165, 1.54) is 10.2 Å². The van der Waals surface area contributed by atoms with Crippen molar-refractivity contribution in [2.24, 2.45) is 0 Å². The van der Waals surface area contributed by atoms with E-state index in [9.17, 15) is 9.90 Å². The van der Waals surface area contributed by atoms with Crippen LogP contribution in [0.25, 0.3) is 11.5 Å². The first-order valence-electron chi connectivity index (χ1n) is 8.16. The molecule has 3 rings (SSSR count). The minimum atomic E-state index is -0.722. The van der Waals surface area contributed by atoms with E-state index in [4.69, 9.17) is 4.42 Å². The zero-order valence-corrected chi connectivity index (χ0v) is 14.1. The summed E-state index contributed by atoms with van der Waals surface area (Å²) >= 11 is 0. The number of hydrogen-bond acceptors (Lipinski definition) is 5. The van der Waals surface area contributed by atoms with Crippen molar-refractivity contribution in [1.82, 2.24) is 14.7 Å². The summed E-state index contributed by atoms with van der Waals surface area (Å²) in [6, 6.07) is 19.2. The van der Waals surface area contributed by atoms with E-state index in [1.54, 1.807) is 0 Å². The van der Waals surface area contributed by atoms with Gasteiger partial charge in [0.2, 0.25) is 5.89 Å². The normalized spacial score (nSPS) is 12.4. The number of rotatable bonds is 7. The fraction of sp³-hybridized carbons (Fsp3) is 0.263. The van der Waals surface area contributed by atoms with Crippen LogP contribution in [0.15, 0.2) is 69.9 Å². The van der Waals surface area contributed by atoms with Gasteiger partial charge in [-0.3, -0.25) is 4.90 Å². The summed E-state index contributed by atoms with van der Waals surface area (Å²) in [5, 5.41) is 14.4. The SMILES string of the molecule is CN(Cc1ccccc1)CC(O)Cn1nc(-c2ccccc2)oc1=O. The van der Waals surface area contributed by atoms with Crippen LogP contribution in [0, 0.1) is 0 Å². The lowest BCUT2D eigenvalue weighted by Crippen LogP contribution is -2.34. The smallest absolute Gasteiger partial charge is 0.390 e. The third kappa shape index (κ3) is 4.65. The van der Waals surface area contributed by atoms with Crippen LogP contribution in [0.2, 0.25) is 0 Å². The maximum absolute atomic E-state index is 11.9. The van der Waals surface area contributed by atoms with Gasteiger partial charge >= 0.3 is 5.76 Å². The predicted octanol–water partition coefficient (Wildman–Crippen LogP) is 2.00. The summed E-state index contributed by atoms with van der Waals surface area (Å²) in [5.74, 6) is -0.306. The van der Waals surface area contributed by atoms with Gasteiger partial charge in [-0.2, -0.15) is 4.68 Å². The second-order valence-corrected chi connectivity index (χ2v) is 6.06. The fourth-order valence-corrected chi connectivity index (χ4v) is 2.70. The van der Waals surface area contributed by atoms with Crippen LogP contribution in [0.1, 0.15) is 5.56 Å². The summed E-state index contributed by atoms with van der Waals surface area (Å²) in [5.41, 5.74) is 1.90. The van der Waals surface area contributed by atoms with Crippen molar-refractivity contribution in [1.29, 1.82) is 0 Å². The molecule has 6 heteroatoms. The third-order valence-corrected chi connectivity index (χ3v) is 3.83. The van der Waals surface area contributed by atoms with Gasteiger partial charge < -0.3 is 9.52 Å². The van der Waals surface area contributed by atoms with Gasteiger partial charge in [0.05, 0.1) is 12.6 Å². The Labute approximate surface area is 145 Å². The van der Waals surface area contributed by atoms with E-state index in [1.807, 2.05) is 72.6 Å².